The van der Waals surface area contributed by atoms with Gasteiger partial charge in [0.05, 0.1) is 6.61 Å². The average molecular weight is 362 g/mol. The van der Waals surface area contributed by atoms with Gasteiger partial charge in [-0.3, -0.25) is 4.79 Å². The van der Waals surface area contributed by atoms with Crippen LogP contribution in [-0.4, -0.2) is 36.3 Å². The highest BCUT2D eigenvalue weighted by molar-refractivity contribution is 5.79. The van der Waals surface area contributed by atoms with Crippen molar-refractivity contribution in [2.24, 2.45) is 5.92 Å². The summed E-state index contributed by atoms with van der Waals surface area (Å²) in [6.45, 7) is 8.98. The second kappa shape index (κ2) is 8.54. The van der Waals surface area contributed by atoms with E-state index in [0.29, 0.717) is 32.6 Å². The van der Waals surface area contributed by atoms with Gasteiger partial charge in [-0.1, -0.05) is 30.3 Å². The average Bonchev–Trinajstić information content (AvgIpc) is 2.98. The van der Waals surface area contributed by atoms with Crippen LogP contribution in [0.1, 0.15) is 46.1 Å². The lowest BCUT2D eigenvalue weighted by Crippen LogP contribution is -2.54. The largest absolute Gasteiger partial charge is 0.444 e. The first-order chi connectivity index (χ1) is 12.2. The fraction of sp³-hybridized carbons (Fsp3) is 0.600. The summed E-state index contributed by atoms with van der Waals surface area (Å²) in [6, 6.07) is 9.94. The van der Waals surface area contributed by atoms with Gasteiger partial charge in [-0.25, -0.2) is 4.79 Å². The van der Waals surface area contributed by atoms with E-state index in [1.807, 2.05) is 58.0 Å². The number of carbonyl (C=O) groups excluding carboxylic acids is 2. The molecule has 1 aromatic rings. The molecule has 1 heterocycles. The summed E-state index contributed by atoms with van der Waals surface area (Å²) in [5.74, 6) is 0.0141. The van der Waals surface area contributed by atoms with Gasteiger partial charge in [0.25, 0.3) is 0 Å². The van der Waals surface area contributed by atoms with E-state index in [1.165, 1.54) is 0 Å². The van der Waals surface area contributed by atoms with Crippen LogP contribution in [0.4, 0.5) is 4.79 Å². The first-order valence-corrected chi connectivity index (χ1v) is 9.07. The summed E-state index contributed by atoms with van der Waals surface area (Å²) in [6.07, 6.45) is 0.520. The topological polar surface area (TPSA) is 76.7 Å². The van der Waals surface area contributed by atoms with Crippen LogP contribution in [0.5, 0.6) is 0 Å². The zero-order valence-electron chi connectivity index (χ0n) is 16.1. The Morgan fingerprint density at radius 1 is 1.23 bits per heavy atom. The molecule has 0 saturated carbocycles. The lowest BCUT2D eigenvalue weighted by molar-refractivity contribution is -0.119. The number of alkyl carbamates (subject to hydrolysis) is 1. The highest BCUT2D eigenvalue weighted by Gasteiger charge is 2.40. The molecule has 6 heteroatoms. The number of ether oxygens (including phenoxy) is 2. The molecular weight excluding hydrogens is 332 g/mol. The zero-order chi connectivity index (χ0) is 19.2. The monoisotopic (exact) mass is 362 g/mol. The second-order valence-electron chi connectivity index (χ2n) is 8.04. The molecule has 2 rings (SSSR count). The highest BCUT2D eigenvalue weighted by Crippen LogP contribution is 2.28. The van der Waals surface area contributed by atoms with Crippen LogP contribution < -0.4 is 10.6 Å². The molecule has 26 heavy (non-hydrogen) atoms. The standard InChI is InChI=1S/C20H30N2O4/c1-19(2,3)26-18(24)22-20(4,16-12-17(23)21-13-16)10-11-25-14-15-8-6-5-7-9-15/h5-9,16H,10-14H2,1-4H3,(H,21,23)(H,22,24). The van der Waals surface area contributed by atoms with Crippen LogP contribution in [-0.2, 0) is 20.9 Å². The first-order valence-electron chi connectivity index (χ1n) is 9.07. The molecule has 0 spiro atoms. The third-order valence-electron chi connectivity index (χ3n) is 4.54. The van der Waals surface area contributed by atoms with Gasteiger partial charge in [0.1, 0.15) is 5.60 Å². The molecule has 0 aliphatic carbocycles. The van der Waals surface area contributed by atoms with Crippen LogP contribution in [0.15, 0.2) is 30.3 Å². The van der Waals surface area contributed by atoms with E-state index in [9.17, 15) is 9.59 Å². The van der Waals surface area contributed by atoms with Crippen molar-refractivity contribution in [1.29, 1.82) is 0 Å². The summed E-state index contributed by atoms with van der Waals surface area (Å²) in [5.41, 5.74) is -0.0523. The van der Waals surface area contributed by atoms with Gasteiger partial charge in [-0.05, 0) is 39.7 Å². The quantitative estimate of drug-likeness (QED) is 0.731. The van der Waals surface area contributed by atoms with Crippen molar-refractivity contribution in [3.63, 3.8) is 0 Å². The summed E-state index contributed by atoms with van der Waals surface area (Å²) < 4.78 is 11.2. The van der Waals surface area contributed by atoms with Crippen molar-refractivity contribution in [2.75, 3.05) is 13.2 Å². The Balaban J connectivity index is 1.94. The summed E-state index contributed by atoms with van der Waals surface area (Å²) >= 11 is 0. The number of rotatable bonds is 7. The molecule has 0 radical (unpaired) electrons. The SMILES string of the molecule is CC(C)(C)OC(=O)NC(C)(CCOCc1ccccc1)C1CNC(=O)C1. The van der Waals surface area contributed by atoms with Crippen LogP contribution >= 0.6 is 0 Å². The van der Waals surface area contributed by atoms with Crippen molar-refractivity contribution in [1.82, 2.24) is 10.6 Å². The molecule has 1 aromatic carbocycles. The Morgan fingerprint density at radius 3 is 2.50 bits per heavy atom. The Hall–Kier alpha value is -2.08. The van der Waals surface area contributed by atoms with Gasteiger partial charge < -0.3 is 20.1 Å². The fourth-order valence-electron chi connectivity index (χ4n) is 3.01. The Kier molecular flexibility index (Phi) is 6.64. The highest BCUT2D eigenvalue weighted by atomic mass is 16.6. The number of hydrogen-bond acceptors (Lipinski definition) is 4. The molecule has 0 aromatic heterocycles. The van der Waals surface area contributed by atoms with Gasteiger partial charge in [0.15, 0.2) is 0 Å². The maximum Gasteiger partial charge on any atom is 0.408 e. The minimum absolute atomic E-state index is 0.00263. The normalized spacial score (nSPS) is 19.5. The molecule has 2 N–H and O–H groups in total. The third-order valence-corrected chi connectivity index (χ3v) is 4.54. The maximum absolute atomic E-state index is 12.3. The molecule has 2 unspecified atom stereocenters. The molecule has 2 amide bonds. The van der Waals surface area contributed by atoms with Gasteiger partial charge >= 0.3 is 6.09 Å². The van der Waals surface area contributed by atoms with Gasteiger partial charge in [0, 0.05) is 31.0 Å². The molecule has 1 aliphatic rings. The molecule has 144 valence electrons. The fourth-order valence-corrected chi connectivity index (χ4v) is 3.01. The number of nitrogens with one attached hydrogen (secondary N) is 2. The molecule has 1 aliphatic heterocycles. The lowest BCUT2D eigenvalue weighted by atomic mass is 9.82. The van der Waals surface area contributed by atoms with Gasteiger partial charge in [-0.2, -0.15) is 0 Å². The summed E-state index contributed by atoms with van der Waals surface area (Å²) in [4.78, 5) is 23.9. The summed E-state index contributed by atoms with van der Waals surface area (Å²) in [7, 11) is 0. The van der Waals surface area contributed by atoms with E-state index in [2.05, 4.69) is 10.6 Å². The number of amides is 2. The lowest BCUT2D eigenvalue weighted by Gasteiger charge is -2.36. The second-order valence-corrected chi connectivity index (χ2v) is 8.04. The zero-order valence-corrected chi connectivity index (χ0v) is 16.1. The number of benzene rings is 1. The van der Waals surface area contributed by atoms with E-state index >= 15 is 0 Å². The molecule has 0 bridgehead atoms. The Bertz CT molecular complexity index is 612. The van der Waals surface area contributed by atoms with Crippen LogP contribution in [0.25, 0.3) is 0 Å². The van der Waals surface area contributed by atoms with Crippen molar-refractivity contribution < 1.29 is 19.1 Å². The first kappa shape index (κ1) is 20.2. The summed E-state index contributed by atoms with van der Waals surface area (Å²) in [5, 5.41) is 5.82. The van der Waals surface area contributed by atoms with E-state index in [1.54, 1.807) is 0 Å². The van der Waals surface area contributed by atoms with E-state index in [-0.39, 0.29) is 11.8 Å². The minimum atomic E-state index is -0.585. The molecule has 2 atom stereocenters. The van der Waals surface area contributed by atoms with E-state index in [0.717, 1.165) is 5.56 Å². The predicted molar refractivity (Wildman–Crippen MR) is 99.6 cm³/mol. The molecular formula is C20H30N2O4. The van der Waals surface area contributed by atoms with Crippen molar-refractivity contribution in [2.45, 2.75) is 58.3 Å². The van der Waals surface area contributed by atoms with Crippen molar-refractivity contribution >= 4 is 12.0 Å². The van der Waals surface area contributed by atoms with Crippen LogP contribution in [0, 0.1) is 5.92 Å². The van der Waals surface area contributed by atoms with Gasteiger partial charge in [-0.15, -0.1) is 0 Å². The van der Waals surface area contributed by atoms with E-state index in [4.69, 9.17) is 9.47 Å². The maximum atomic E-state index is 12.3. The van der Waals surface area contributed by atoms with Crippen LogP contribution in [0.3, 0.4) is 0 Å². The Morgan fingerprint density at radius 2 is 1.92 bits per heavy atom. The van der Waals surface area contributed by atoms with Crippen molar-refractivity contribution in [3.05, 3.63) is 35.9 Å². The smallest absolute Gasteiger partial charge is 0.408 e. The van der Waals surface area contributed by atoms with Crippen molar-refractivity contribution in [3.8, 4) is 0 Å². The third kappa shape index (κ3) is 6.33. The van der Waals surface area contributed by atoms with Crippen LogP contribution in [0.2, 0.25) is 0 Å². The number of carbonyl (C=O) groups is 2. The molecule has 1 saturated heterocycles. The van der Waals surface area contributed by atoms with E-state index < -0.39 is 17.2 Å². The molecule has 6 nitrogen and oxygen atoms in total. The van der Waals surface area contributed by atoms with Gasteiger partial charge in [0.2, 0.25) is 5.91 Å². The molecule has 1 fully saturated rings. The number of hydrogen-bond donors (Lipinski definition) is 2. The Labute approximate surface area is 155 Å². The predicted octanol–water partition coefficient (Wildman–Crippen LogP) is 3.01. The minimum Gasteiger partial charge on any atom is -0.444 e.